The van der Waals surface area contributed by atoms with Crippen LogP contribution in [0.5, 0.6) is 0 Å². The molecule has 1 rings (SSSR count). The molecule has 0 aliphatic rings. The van der Waals surface area contributed by atoms with Crippen molar-refractivity contribution in [2.24, 2.45) is 0 Å². The summed E-state index contributed by atoms with van der Waals surface area (Å²) in [7, 11) is 0. The van der Waals surface area contributed by atoms with Crippen LogP contribution in [-0.4, -0.2) is 22.7 Å². The van der Waals surface area contributed by atoms with Crippen LogP contribution >= 0.6 is 11.3 Å². The van der Waals surface area contributed by atoms with Gasteiger partial charge in [-0.15, -0.1) is 11.3 Å². The summed E-state index contributed by atoms with van der Waals surface area (Å²) in [4.78, 5) is 24.9. The number of Topliss-reactive ketones (excluding diaryl/α,β-unsaturated/α-hetero) is 2. The molecular formula is C7H4F3NO2S. The number of nitrogens with zero attached hydrogens (tertiary/aromatic N) is 1. The van der Waals surface area contributed by atoms with Crippen LogP contribution in [0.1, 0.15) is 16.9 Å². The second-order valence-electron chi connectivity index (χ2n) is 2.39. The molecule has 3 nitrogen and oxygen atoms in total. The van der Waals surface area contributed by atoms with E-state index in [0.717, 1.165) is 11.3 Å². The van der Waals surface area contributed by atoms with E-state index in [1.165, 1.54) is 10.9 Å². The summed E-state index contributed by atoms with van der Waals surface area (Å²) in [6.45, 7) is 0. The number of aromatic nitrogens is 1. The van der Waals surface area contributed by atoms with Crippen LogP contribution < -0.4 is 0 Å². The first-order chi connectivity index (χ1) is 6.41. The van der Waals surface area contributed by atoms with Crippen LogP contribution in [0.2, 0.25) is 0 Å². The van der Waals surface area contributed by atoms with Gasteiger partial charge in [0.2, 0.25) is 5.78 Å². The van der Waals surface area contributed by atoms with Gasteiger partial charge in [0.15, 0.2) is 5.78 Å². The van der Waals surface area contributed by atoms with E-state index >= 15 is 0 Å². The molecule has 76 valence electrons. The highest BCUT2D eigenvalue weighted by molar-refractivity contribution is 7.07. The molecule has 0 atom stereocenters. The van der Waals surface area contributed by atoms with Crippen molar-refractivity contribution >= 4 is 22.9 Å². The van der Waals surface area contributed by atoms with Gasteiger partial charge in [0, 0.05) is 5.38 Å². The smallest absolute Gasteiger partial charge is 0.292 e. The topological polar surface area (TPSA) is 47.0 Å². The standard InChI is InChI=1S/C7H4F3NO2S/c8-7(9,10)6(13)1-5(12)4-2-14-3-11-4/h2-3H,1H2. The minimum Gasteiger partial charge on any atom is -0.292 e. The first kappa shape index (κ1) is 10.8. The Labute approximate surface area is 80.6 Å². The maximum Gasteiger partial charge on any atom is 0.450 e. The highest BCUT2D eigenvalue weighted by Crippen LogP contribution is 2.19. The Bertz CT molecular complexity index is 344. The minimum absolute atomic E-state index is 0.104. The van der Waals surface area contributed by atoms with Gasteiger partial charge >= 0.3 is 6.18 Å². The zero-order chi connectivity index (χ0) is 10.8. The van der Waals surface area contributed by atoms with Crippen molar-refractivity contribution in [2.45, 2.75) is 12.6 Å². The largest absolute Gasteiger partial charge is 0.450 e. The fourth-order valence-corrected chi connectivity index (χ4v) is 1.24. The number of ketones is 2. The van der Waals surface area contributed by atoms with Crippen LogP contribution in [-0.2, 0) is 4.79 Å². The molecule has 0 saturated heterocycles. The third-order valence-corrected chi connectivity index (χ3v) is 1.94. The Morgan fingerprint density at radius 3 is 2.50 bits per heavy atom. The summed E-state index contributed by atoms with van der Waals surface area (Å²) < 4.78 is 35.2. The molecule has 1 aromatic heterocycles. The van der Waals surface area contributed by atoms with Crippen LogP contribution in [0.4, 0.5) is 13.2 Å². The van der Waals surface area contributed by atoms with Gasteiger partial charge in [-0.2, -0.15) is 13.2 Å². The lowest BCUT2D eigenvalue weighted by Crippen LogP contribution is -2.25. The molecule has 0 saturated carbocycles. The van der Waals surface area contributed by atoms with E-state index in [1.807, 2.05) is 0 Å². The summed E-state index contributed by atoms with van der Waals surface area (Å²) in [5.41, 5.74) is 1.21. The van der Waals surface area contributed by atoms with Gasteiger partial charge in [0.05, 0.1) is 11.9 Å². The monoisotopic (exact) mass is 223 g/mol. The highest BCUT2D eigenvalue weighted by atomic mass is 32.1. The number of rotatable bonds is 3. The van der Waals surface area contributed by atoms with Crippen LogP contribution in [0.15, 0.2) is 10.9 Å². The number of carbonyl (C=O) groups is 2. The molecule has 1 heterocycles. The van der Waals surface area contributed by atoms with Crippen molar-refractivity contribution in [3.8, 4) is 0 Å². The third kappa shape index (κ3) is 2.63. The first-order valence-corrected chi connectivity index (χ1v) is 4.37. The van der Waals surface area contributed by atoms with Gasteiger partial charge in [-0.1, -0.05) is 0 Å². The molecule has 0 N–H and O–H groups in total. The lowest BCUT2D eigenvalue weighted by Gasteiger charge is -2.02. The number of halogens is 3. The van der Waals surface area contributed by atoms with E-state index in [2.05, 4.69) is 4.98 Å². The number of hydrogen-bond donors (Lipinski definition) is 0. The second-order valence-corrected chi connectivity index (χ2v) is 3.11. The van der Waals surface area contributed by atoms with Crippen molar-refractivity contribution in [3.05, 3.63) is 16.6 Å². The molecule has 0 spiro atoms. The van der Waals surface area contributed by atoms with Crippen LogP contribution in [0, 0.1) is 0 Å². The third-order valence-electron chi connectivity index (χ3n) is 1.36. The van der Waals surface area contributed by atoms with Crippen LogP contribution in [0.3, 0.4) is 0 Å². The molecule has 0 aromatic carbocycles. The van der Waals surface area contributed by atoms with Crippen molar-refractivity contribution in [3.63, 3.8) is 0 Å². The predicted octanol–water partition coefficient (Wildman–Crippen LogP) is 1.85. The number of alkyl halides is 3. The van der Waals surface area contributed by atoms with E-state index < -0.39 is 24.2 Å². The van der Waals surface area contributed by atoms with Gasteiger partial charge in [-0.25, -0.2) is 4.98 Å². The van der Waals surface area contributed by atoms with Gasteiger partial charge in [-0.3, -0.25) is 9.59 Å². The van der Waals surface area contributed by atoms with E-state index in [9.17, 15) is 22.8 Å². The maximum absolute atomic E-state index is 11.7. The highest BCUT2D eigenvalue weighted by Gasteiger charge is 2.39. The summed E-state index contributed by atoms with van der Waals surface area (Å²) in [6.07, 6.45) is -6.13. The number of carbonyl (C=O) groups excluding carboxylic acids is 2. The lowest BCUT2D eigenvalue weighted by molar-refractivity contribution is -0.170. The molecule has 0 aliphatic heterocycles. The van der Waals surface area contributed by atoms with Crippen molar-refractivity contribution < 1.29 is 22.8 Å². The van der Waals surface area contributed by atoms with Gasteiger partial charge < -0.3 is 0 Å². The van der Waals surface area contributed by atoms with E-state index in [4.69, 9.17) is 0 Å². The summed E-state index contributed by atoms with van der Waals surface area (Å²) in [5, 5.41) is 1.30. The molecule has 0 unspecified atom stereocenters. The van der Waals surface area contributed by atoms with Crippen LogP contribution in [0.25, 0.3) is 0 Å². The fourth-order valence-electron chi connectivity index (χ4n) is 0.687. The second kappa shape index (κ2) is 3.87. The Morgan fingerprint density at radius 2 is 2.07 bits per heavy atom. The maximum atomic E-state index is 11.7. The molecule has 0 amide bonds. The molecule has 7 heteroatoms. The Morgan fingerprint density at radius 1 is 1.43 bits per heavy atom. The Hall–Kier alpha value is -1.24. The Balaban J connectivity index is 2.63. The molecule has 1 aromatic rings. The van der Waals surface area contributed by atoms with E-state index in [-0.39, 0.29) is 5.69 Å². The quantitative estimate of drug-likeness (QED) is 0.580. The van der Waals surface area contributed by atoms with Crippen molar-refractivity contribution in [1.82, 2.24) is 4.98 Å². The van der Waals surface area contributed by atoms with Crippen molar-refractivity contribution in [1.29, 1.82) is 0 Å². The zero-order valence-electron chi connectivity index (χ0n) is 6.67. The predicted molar refractivity (Wildman–Crippen MR) is 42.1 cm³/mol. The van der Waals surface area contributed by atoms with Crippen molar-refractivity contribution in [2.75, 3.05) is 0 Å². The SMILES string of the molecule is O=C(CC(=O)C(F)(F)F)c1cscn1. The van der Waals surface area contributed by atoms with Gasteiger partial charge in [0.1, 0.15) is 5.69 Å². The average molecular weight is 223 g/mol. The lowest BCUT2D eigenvalue weighted by atomic mass is 10.1. The molecule has 0 bridgehead atoms. The first-order valence-electron chi connectivity index (χ1n) is 3.42. The van der Waals surface area contributed by atoms with E-state index in [0.29, 0.717) is 0 Å². The molecule has 0 radical (unpaired) electrons. The fraction of sp³-hybridized carbons (Fsp3) is 0.286. The minimum atomic E-state index is -4.95. The Kier molecular flexibility index (Phi) is 3.00. The summed E-state index contributed by atoms with van der Waals surface area (Å²) >= 11 is 1.08. The normalized spacial score (nSPS) is 11.4. The number of thiazole rings is 1. The van der Waals surface area contributed by atoms with E-state index in [1.54, 1.807) is 0 Å². The summed E-state index contributed by atoms with van der Waals surface area (Å²) in [6, 6.07) is 0. The molecule has 0 fully saturated rings. The molecule has 0 aliphatic carbocycles. The zero-order valence-corrected chi connectivity index (χ0v) is 7.48. The van der Waals surface area contributed by atoms with Gasteiger partial charge in [-0.05, 0) is 0 Å². The molecule has 14 heavy (non-hydrogen) atoms. The van der Waals surface area contributed by atoms with Gasteiger partial charge in [0.25, 0.3) is 0 Å². The molecular weight excluding hydrogens is 219 g/mol. The summed E-state index contributed by atoms with van der Waals surface area (Å²) in [5.74, 6) is -2.95. The average Bonchev–Trinajstić information content (AvgIpc) is 2.53. The number of hydrogen-bond acceptors (Lipinski definition) is 4.